The summed E-state index contributed by atoms with van der Waals surface area (Å²) in [4.78, 5) is 0. The number of hydrogen-bond donors (Lipinski definition) is 2. The third kappa shape index (κ3) is 22.0. The largest absolute Gasteiger partial charge is 0.508 e. The minimum atomic E-state index is 0.304. The van der Waals surface area contributed by atoms with Crippen LogP contribution in [0.2, 0.25) is 0 Å². The van der Waals surface area contributed by atoms with E-state index < -0.39 is 0 Å². The summed E-state index contributed by atoms with van der Waals surface area (Å²) in [5.74, 6) is 1.21. The summed E-state index contributed by atoms with van der Waals surface area (Å²) in [6.07, 6.45) is 43.4. The summed E-state index contributed by atoms with van der Waals surface area (Å²) in [6.45, 7) is 6.85. The summed E-state index contributed by atoms with van der Waals surface area (Å²) < 4.78 is 0. The van der Waals surface area contributed by atoms with Gasteiger partial charge in [-0.3, -0.25) is 0 Å². The number of benzene rings is 2. The van der Waals surface area contributed by atoms with Gasteiger partial charge in [-0.15, -0.1) is 0 Å². The Kier molecular flexibility index (Phi) is 28.0. The molecule has 0 atom stereocenters. The van der Waals surface area contributed by atoms with Crippen molar-refractivity contribution in [1.29, 1.82) is 0 Å². The highest BCUT2D eigenvalue weighted by Gasteiger charge is 2.18. The first-order chi connectivity index (χ1) is 25.1. The van der Waals surface area contributed by atoms with Crippen molar-refractivity contribution in [3.8, 4) is 11.5 Å². The number of aromatic hydroxyl groups is 2. The average molecular weight is 705 g/mol. The Morgan fingerprint density at radius 3 is 0.941 bits per heavy atom. The molecule has 2 N–H and O–H groups in total. The minimum absolute atomic E-state index is 0.304. The number of phenols is 2. The summed E-state index contributed by atoms with van der Waals surface area (Å²) in [5, 5.41) is 21.6. The van der Waals surface area contributed by atoms with E-state index in [1.807, 2.05) is 12.1 Å². The van der Waals surface area contributed by atoms with Gasteiger partial charge in [0.25, 0.3) is 0 Å². The van der Waals surface area contributed by atoms with E-state index in [9.17, 15) is 10.2 Å². The molecule has 0 aliphatic heterocycles. The van der Waals surface area contributed by atoms with Gasteiger partial charge in [-0.2, -0.15) is 0 Å². The van der Waals surface area contributed by atoms with Crippen LogP contribution in [-0.2, 0) is 12.8 Å². The molecule has 0 saturated carbocycles. The smallest absolute Gasteiger partial charge is 0.118 e. The average Bonchev–Trinajstić information content (AvgIpc) is 3.14. The second kappa shape index (κ2) is 31.6. The maximum atomic E-state index is 10.8. The number of aryl methyl sites for hydroxylation is 2. The van der Waals surface area contributed by atoms with Gasteiger partial charge in [0.15, 0.2) is 0 Å². The van der Waals surface area contributed by atoms with Crippen LogP contribution >= 0.6 is 0 Å². The fourth-order valence-corrected chi connectivity index (χ4v) is 8.01. The first kappa shape index (κ1) is 45.2. The monoisotopic (exact) mass is 705 g/mol. The van der Waals surface area contributed by atoms with Crippen LogP contribution in [0.25, 0.3) is 0 Å². The molecule has 0 radical (unpaired) electrons. The normalized spacial score (nSPS) is 11.6. The molecule has 2 nitrogen and oxygen atoms in total. The summed E-state index contributed by atoms with van der Waals surface area (Å²) in [5.41, 5.74) is 4.89. The molecule has 292 valence electrons. The van der Waals surface area contributed by atoms with Crippen molar-refractivity contribution >= 4 is 0 Å². The summed E-state index contributed by atoms with van der Waals surface area (Å²) >= 11 is 0. The van der Waals surface area contributed by atoms with Crippen LogP contribution in [0.5, 0.6) is 11.5 Å². The zero-order chi connectivity index (χ0) is 36.6. The predicted octanol–water partition coefficient (Wildman–Crippen LogP) is 16.5. The van der Waals surface area contributed by atoms with Crippen molar-refractivity contribution in [2.45, 2.75) is 239 Å². The Morgan fingerprint density at radius 1 is 0.353 bits per heavy atom. The van der Waals surface area contributed by atoms with Gasteiger partial charge >= 0.3 is 0 Å². The lowest BCUT2D eigenvalue weighted by molar-refractivity contribution is 0.464. The zero-order valence-electron chi connectivity index (χ0n) is 34.3. The molecule has 0 unspecified atom stereocenters. The highest BCUT2D eigenvalue weighted by Crippen LogP contribution is 2.36. The molecule has 0 amide bonds. The third-order valence-corrected chi connectivity index (χ3v) is 11.5. The van der Waals surface area contributed by atoms with Gasteiger partial charge in [0, 0.05) is 5.92 Å². The SMILES string of the molecule is CCCCCCCCCCCCCCCCCCC(c1ccc(O)c(CCCCCCCCC)c1)c1ccc(O)c(CCCCCCCCC)c1. The van der Waals surface area contributed by atoms with E-state index in [2.05, 4.69) is 45.0 Å². The fraction of sp³-hybridized carbons (Fsp3) is 0.755. The number of phenolic OH excluding ortho intramolecular Hbond substituents is 2. The Bertz CT molecular complexity index is 1010. The maximum absolute atomic E-state index is 10.8. The van der Waals surface area contributed by atoms with Crippen LogP contribution in [-0.4, -0.2) is 10.2 Å². The van der Waals surface area contributed by atoms with Gasteiger partial charge in [-0.05, 0) is 66.5 Å². The van der Waals surface area contributed by atoms with Crippen LogP contribution in [0.4, 0.5) is 0 Å². The minimum Gasteiger partial charge on any atom is -0.508 e. The van der Waals surface area contributed by atoms with Gasteiger partial charge in [0.1, 0.15) is 11.5 Å². The van der Waals surface area contributed by atoms with Crippen molar-refractivity contribution in [2.75, 3.05) is 0 Å². The zero-order valence-corrected chi connectivity index (χ0v) is 34.3. The molecule has 2 rings (SSSR count). The van der Waals surface area contributed by atoms with Crippen molar-refractivity contribution < 1.29 is 10.2 Å². The van der Waals surface area contributed by atoms with E-state index in [0.29, 0.717) is 17.4 Å². The lowest BCUT2D eigenvalue weighted by Gasteiger charge is -2.21. The Morgan fingerprint density at radius 2 is 0.627 bits per heavy atom. The number of hydrogen-bond acceptors (Lipinski definition) is 2. The molecule has 0 aromatic heterocycles. The van der Waals surface area contributed by atoms with Crippen LogP contribution < -0.4 is 0 Å². The second-order valence-corrected chi connectivity index (χ2v) is 16.2. The molecule has 0 heterocycles. The lowest BCUT2D eigenvalue weighted by Crippen LogP contribution is -2.04. The third-order valence-electron chi connectivity index (χ3n) is 11.5. The molecule has 2 heteroatoms. The van der Waals surface area contributed by atoms with E-state index >= 15 is 0 Å². The van der Waals surface area contributed by atoms with E-state index in [1.54, 1.807) is 0 Å². The Balaban J connectivity index is 1.90. The van der Waals surface area contributed by atoms with E-state index in [4.69, 9.17) is 0 Å². The van der Waals surface area contributed by atoms with E-state index in [-0.39, 0.29) is 0 Å². The summed E-state index contributed by atoms with van der Waals surface area (Å²) in [7, 11) is 0. The molecule has 0 spiro atoms. The molecule has 0 bridgehead atoms. The van der Waals surface area contributed by atoms with Gasteiger partial charge in [0.05, 0.1) is 0 Å². The summed E-state index contributed by atoms with van der Waals surface area (Å²) in [6, 6.07) is 12.9. The molecule has 0 fully saturated rings. The van der Waals surface area contributed by atoms with E-state index in [0.717, 1.165) is 43.2 Å². The topological polar surface area (TPSA) is 40.5 Å². The van der Waals surface area contributed by atoms with Gasteiger partial charge in [-0.25, -0.2) is 0 Å². The fourth-order valence-electron chi connectivity index (χ4n) is 8.01. The predicted molar refractivity (Wildman–Crippen MR) is 226 cm³/mol. The Hall–Kier alpha value is -1.96. The van der Waals surface area contributed by atoms with Crippen molar-refractivity contribution in [1.82, 2.24) is 0 Å². The molecule has 2 aromatic carbocycles. The molecule has 51 heavy (non-hydrogen) atoms. The first-order valence-electron chi connectivity index (χ1n) is 22.7. The number of unbranched alkanes of at least 4 members (excludes halogenated alkanes) is 27. The molecule has 0 aliphatic carbocycles. The second-order valence-electron chi connectivity index (χ2n) is 16.2. The van der Waals surface area contributed by atoms with E-state index in [1.165, 1.54) is 191 Å². The van der Waals surface area contributed by atoms with Crippen molar-refractivity contribution in [2.24, 2.45) is 0 Å². The maximum Gasteiger partial charge on any atom is 0.118 e. The van der Waals surface area contributed by atoms with Gasteiger partial charge in [0.2, 0.25) is 0 Å². The number of rotatable bonds is 35. The van der Waals surface area contributed by atoms with Gasteiger partial charge < -0.3 is 10.2 Å². The van der Waals surface area contributed by atoms with Crippen molar-refractivity contribution in [3.63, 3.8) is 0 Å². The Labute approximate surface area is 318 Å². The standard InChI is InChI=1S/C49H84O2/c1-4-7-10-13-16-17-18-19-20-21-22-23-24-27-30-33-36-47(43-37-39-48(50)45(41-43)34-31-28-25-14-11-8-5-2)44-38-40-49(51)46(42-44)35-32-29-26-15-12-9-6-3/h37-42,47,50-51H,4-36H2,1-3H3. The molecule has 0 aliphatic rings. The van der Waals surface area contributed by atoms with Crippen LogP contribution in [0.15, 0.2) is 36.4 Å². The van der Waals surface area contributed by atoms with Crippen LogP contribution in [0.3, 0.4) is 0 Å². The van der Waals surface area contributed by atoms with Gasteiger partial charge in [-0.1, -0.05) is 225 Å². The lowest BCUT2D eigenvalue weighted by atomic mass is 9.84. The quantitative estimate of drug-likeness (QED) is 0.0701. The van der Waals surface area contributed by atoms with Crippen LogP contribution in [0, 0.1) is 0 Å². The molecular formula is C49H84O2. The molecule has 2 aromatic rings. The first-order valence-corrected chi connectivity index (χ1v) is 22.7. The molecule has 0 saturated heterocycles. The van der Waals surface area contributed by atoms with Crippen LogP contribution in [0.1, 0.15) is 248 Å². The highest BCUT2D eigenvalue weighted by molar-refractivity contribution is 5.44. The van der Waals surface area contributed by atoms with Crippen molar-refractivity contribution in [3.05, 3.63) is 58.7 Å². The highest BCUT2D eigenvalue weighted by atomic mass is 16.3. The molecular weight excluding hydrogens is 621 g/mol.